The monoisotopic (exact) mass is 222 g/mol. The average molecular weight is 222 g/mol. The predicted molar refractivity (Wildman–Crippen MR) is 55.8 cm³/mol. The van der Waals surface area contributed by atoms with E-state index >= 15 is 0 Å². The number of carbonyl (C=O) groups is 1. The molecular weight excluding hydrogens is 208 g/mol. The third-order valence-electron chi connectivity index (χ3n) is 1.83. The molecule has 0 aliphatic carbocycles. The van der Waals surface area contributed by atoms with Crippen LogP contribution < -0.4 is 0 Å². The quantitative estimate of drug-likeness (QED) is 0.301. The molecule has 0 unspecified atom stereocenters. The maximum atomic E-state index is 11.1. The van der Waals surface area contributed by atoms with Gasteiger partial charge in [-0.1, -0.05) is 6.42 Å². The second-order valence-corrected chi connectivity index (χ2v) is 3.07. The van der Waals surface area contributed by atoms with Gasteiger partial charge in [-0.05, 0) is 19.3 Å². The molecule has 0 aliphatic rings. The topological polar surface area (TPSA) is 94.1 Å². The number of rotatable bonds is 7. The van der Waals surface area contributed by atoms with Crippen molar-refractivity contribution in [2.75, 3.05) is 13.2 Å². The number of aliphatic hydroxyl groups is 1. The van der Waals surface area contributed by atoms with Gasteiger partial charge in [-0.15, -0.1) is 0 Å². The first-order chi connectivity index (χ1) is 7.76. The number of allylic oxidation sites excluding steroid dienone is 1. The van der Waals surface area contributed by atoms with Gasteiger partial charge in [0.1, 0.15) is 11.6 Å². The standard InChI is InChI=1S/C11H14N2O3/c12-6-5-10(9-13)11(15)16-8-4-2-1-3-7-14/h5,14H,1-4,7-8H2. The number of hydrogen-bond acceptors (Lipinski definition) is 5. The van der Waals surface area contributed by atoms with Crippen molar-refractivity contribution in [2.24, 2.45) is 0 Å². The van der Waals surface area contributed by atoms with E-state index in [0.717, 1.165) is 25.3 Å². The second kappa shape index (κ2) is 9.70. The van der Waals surface area contributed by atoms with Crippen molar-refractivity contribution in [3.8, 4) is 12.1 Å². The SMILES string of the molecule is N#CC=C(C#N)C(=O)OCCCCCCO. The van der Waals surface area contributed by atoms with Crippen LogP contribution in [0.4, 0.5) is 0 Å². The third kappa shape index (κ3) is 6.58. The van der Waals surface area contributed by atoms with Crippen LogP contribution >= 0.6 is 0 Å². The minimum absolute atomic E-state index is 0.170. The normalized spacial score (nSPS) is 10.3. The minimum Gasteiger partial charge on any atom is -0.462 e. The van der Waals surface area contributed by atoms with Gasteiger partial charge in [-0.25, -0.2) is 4.79 Å². The summed E-state index contributed by atoms with van der Waals surface area (Å²) in [5.74, 6) is -0.758. The molecule has 0 aliphatic heterocycles. The molecule has 0 bridgehead atoms. The number of carbonyl (C=O) groups excluding carboxylic acids is 1. The summed E-state index contributed by atoms with van der Waals surface area (Å²) in [6.07, 6.45) is 4.04. The molecule has 86 valence electrons. The summed E-state index contributed by atoms with van der Waals surface area (Å²) in [5.41, 5.74) is -0.280. The van der Waals surface area contributed by atoms with Crippen LogP contribution in [-0.2, 0) is 9.53 Å². The fraction of sp³-hybridized carbons (Fsp3) is 0.545. The highest BCUT2D eigenvalue weighted by Gasteiger charge is 2.09. The van der Waals surface area contributed by atoms with Gasteiger partial charge in [-0.2, -0.15) is 10.5 Å². The zero-order valence-corrected chi connectivity index (χ0v) is 8.98. The molecule has 1 N–H and O–H groups in total. The van der Waals surface area contributed by atoms with Crippen LogP contribution in [0.2, 0.25) is 0 Å². The zero-order chi connectivity index (χ0) is 12.2. The molecule has 0 aromatic heterocycles. The molecule has 0 rings (SSSR count). The van der Waals surface area contributed by atoms with Crippen molar-refractivity contribution in [3.05, 3.63) is 11.6 Å². The van der Waals surface area contributed by atoms with Gasteiger partial charge >= 0.3 is 5.97 Å². The number of nitrogens with zero attached hydrogens (tertiary/aromatic N) is 2. The van der Waals surface area contributed by atoms with E-state index in [0.29, 0.717) is 6.42 Å². The van der Waals surface area contributed by atoms with Crippen LogP contribution in [-0.4, -0.2) is 24.3 Å². The van der Waals surface area contributed by atoms with Crippen molar-refractivity contribution < 1.29 is 14.6 Å². The van der Waals surface area contributed by atoms with Gasteiger partial charge in [-0.3, -0.25) is 0 Å². The lowest BCUT2D eigenvalue weighted by atomic mass is 10.2. The van der Waals surface area contributed by atoms with Crippen LogP contribution in [0.1, 0.15) is 25.7 Å². The Morgan fingerprint density at radius 1 is 1.25 bits per heavy atom. The summed E-state index contributed by atoms with van der Waals surface area (Å²) in [4.78, 5) is 11.1. The molecule has 0 aromatic rings. The van der Waals surface area contributed by atoms with Gasteiger partial charge in [0.05, 0.1) is 12.7 Å². The number of nitriles is 2. The van der Waals surface area contributed by atoms with E-state index in [-0.39, 0.29) is 18.8 Å². The van der Waals surface area contributed by atoms with E-state index < -0.39 is 5.97 Å². The maximum absolute atomic E-state index is 11.1. The van der Waals surface area contributed by atoms with Crippen LogP contribution in [0.5, 0.6) is 0 Å². The van der Waals surface area contributed by atoms with Crippen molar-refractivity contribution in [1.29, 1.82) is 10.5 Å². The van der Waals surface area contributed by atoms with Crippen LogP contribution in [0.3, 0.4) is 0 Å². The Kier molecular flexibility index (Phi) is 8.57. The maximum Gasteiger partial charge on any atom is 0.349 e. The van der Waals surface area contributed by atoms with Gasteiger partial charge in [0.15, 0.2) is 0 Å². The first-order valence-corrected chi connectivity index (χ1v) is 5.04. The summed E-state index contributed by atoms with van der Waals surface area (Å²) in [5, 5.41) is 25.3. The van der Waals surface area contributed by atoms with Crippen molar-refractivity contribution >= 4 is 5.97 Å². The van der Waals surface area contributed by atoms with E-state index in [1.165, 1.54) is 0 Å². The summed E-state index contributed by atoms with van der Waals surface area (Å²) >= 11 is 0. The molecule has 5 nitrogen and oxygen atoms in total. The molecule has 0 spiro atoms. The Balaban J connectivity index is 3.71. The van der Waals surface area contributed by atoms with Crippen LogP contribution in [0.25, 0.3) is 0 Å². The lowest BCUT2D eigenvalue weighted by Crippen LogP contribution is -2.07. The minimum atomic E-state index is -0.758. The molecule has 0 saturated carbocycles. The summed E-state index contributed by atoms with van der Waals surface area (Å²) in [6.45, 7) is 0.401. The van der Waals surface area contributed by atoms with Crippen molar-refractivity contribution in [1.82, 2.24) is 0 Å². The molecular formula is C11H14N2O3. The Morgan fingerprint density at radius 2 is 1.94 bits per heavy atom. The van der Waals surface area contributed by atoms with E-state index in [9.17, 15) is 4.79 Å². The second-order valence-electron chi connectivity index (χ2n) is 3.07. The largest absolute Gasteiger partial charge is 0.462 e. The van der Waals surface area contributed by atoms with Gasteiger partial charge in [0.2, 0.25) is 0 Å². The summed E-state index contributed by atoms with van der Waals surface area (Å²) in [6, 6.07) is 3.20. The lowest BCUT2D eigenvalue weighted by molar-refractivity contribution is -0.138. The van der Waals surface area contributed by atoms with E-state index in [1.54, 1.807) is 12.1 Å². The van der Waals surface area contributed by atoms with Crippen molar-refractivity contribution in [2.45, 2.75) is 25.7 Å². The Morgan fingerprint density at radius 3 is 2.50 bits per heavy atom. The molecule has 5 heteroatoms. The molecule has 0 aromatic carbocycles. The predicted octanol–water partition coefficient (Wildman–Crippen LogP) is 1.06. The number of esters is 1. The summed E-state index contributed by atoms with van der Waals surface area (Å²) in [7, 11) is 0. The number of ether oxygens (including phenoxy) is 1. The molecule has 0 saturated heterocycles. The molecule has 0 radical (unpaired) electrons. The fourth-order valence-electron chi connectivity index (χ4n) is 1.01. The highest BCUT2D eigenvalue weighted by atomic mass is 16.5. The molecule has 0 heterocycles. The van der Waals surface area contributed by atoms with E-state index in [1.807, 2.05) is 0 Å². The Labute approximate surface area is 94.6 Å². The molecule has 16 heavy (non-hydrogen) atoms. The van der Waals surface area contributed by atoms with Gasteiger partial charge in [0, 0.05) is 12.7 Å². The molecule has 0 fully saturated rings. The van der Waals surface area contributed by atoms with Gasteiger partial charge < -0.3 is 9.84 Å². The smallest absolute Gasteiger partial charge is 0.349 e. The highest BCUT2D eigenvalue weighted by molar-refractivity contribution is 5.93. The first kappa shape index (κ1) is 14.2. The number of unbranched alkanes of at least 4 members (excludes halogenated alkanes) is 3. The zero-order valence-electron chi connectivity index (χ0n) is 8.98. The fourth-order valence-corrected chi connectivity index (χ4v) is 1.01. The highest BCUT2D eigenvalue weighted by Crippen LogP contribution is 2.01. The van der Waals surface area contributed by atoms with Gasteiger partial charge in [0.25, 0.3) is 0 Å². The third-order valence-corrected chi connectivity index (χ3v) is 1.83. The average Bonchev–Trinajstić information content (AvgIpc) is 2.30. The van der Waals surface area contributed by atoms with E-state index in [2.05, 4.69) is 0 Å². The number of hydrogen-bond donors (Lipinski definition) is 1. The van der Waals surface area contributed by atoms with Crippen LogP contribution in [0.15, 0.2) is 11.6 Å². The lowest BCUT2D eigenvalue weighted by Gasteiger charge is -2.02. The van der Waals surface area contributed by atoms with Crippen LogP contribution in [0, 0.1) is 22.7 Å². The summed E-state index contributed by atoms with van der Waals surface area (Å²) < 4.78 is 4.78. The number of aliphatic hydroxyl groups excluding tert-OH is 1. The van der Waals surface area contributed by atoms with Crippen molar-refractivity contribution in [3.63, 3.8) is 0 Å². The molecule has 0 atom stereocenters. The van der Waals surface area contributed by atoms with E-state index in [4.69, 9.17) is 20.4 Å². The Hall–Kier alpha value is -1.85. The molecule has 0 amide bonds. The Bertz CT molecular complexity index is 323. The first-order valence-electron chi connectivity index (χ1n) is 5.04.